The predicted molar refractivity (Wildman–Crippen MR) is 112 cm³/mol. The van der Waals surface area contributed by atoms with E-state index < -0.39 is 29.8 Å². The van der Waals surface area contributed by atoms with E-state index in [2.05, 4.69) is 15.0 Å². The molecule has 0 saturated carbocycles. The van der Waals surface area contributed by atoms with Gasteiger partial charge in [0, 0.05) is 11.3 Å². The summed E-state index contributed by atoms with van der Waals surface area (Å²) < 4.78 is 69.8. The fourth-order valence-electron chi connectivity index (χ4n) is 2.77. The molecule has 1 heterocycles. The molecule has 0 radical (unpaired) electrons. The third kappa shape index (κ3) is 6.43. The molecule has 2 aromatic carbocycles. The highest BCUT2D eigenvalue weighted by molar-refractivity contribution is 8.00. The third-order valence-corrected chi connectivity index (χ3v) is 5.15. The number of hydrogen-bond donors (Lipinski definition) is 1. The molecule has 0 aliphatic heterocycles. The zero-order valence-corrected chi connectivity index (χ0v) is 17.4. The Morgan fingerprint density at radius 1 is 1.12 bits per heavy atom. The van der Waals surface area contributed by atoms with Crippen LogP contribution in [-0.2, 0) is 11.0 Å². The molecule has 33 heavy (non-hydrogen) atoms. The van der Waals surface area contributed by atoms with Gasteiger partial charge in [-0.15, -0.1) is 0 Å². The topological polar surface area (TPSA) is 75.0 Å². The van der Waals surface area contributed by atoms with Gasteiger partial charge in [-0.25, -0.2) is 4.98 Å². The monoisotopic (exact) mass is 479 g/mol. The number of ether oxygens (including phenoxy) is 1. The number of amides is 1. The van der Waals surface area contributed by atoms with Crippen LogP contribution in [0.3, 0.4) is 0 Å². The molecule has 0 atom stereocenters. The maximum atomic E-state index is 13.6. The second kappa shape index (κ2) is 10.3. The van der Waals surface area contributed by atoms with Gasteiger partial charge in [0.15, 0.2) is 0 Å². The quantitative estimate of drug-likeness (QED) is 0.334. The smallest absolute Gasteiger partial charge is 0.417 e. The molecule has 1 N–H and O–H groups in total. The SMILES string of the molecule is N#Cc1c(C(F)(F)F)cc(-c2ccc(OC(F)F)cc2)nc1SCC(=O)Nc1ccccc1. The standard InChI is InChI=1S/C22H14F5N3O2S/c23-21(24)32-15-8-6-13(7-9-15)18-10-17(22(25,26)27)16(11-28)20(30-18)33-12-19(31)29-14-4-2-1-3-5-14/h1-10,21H,12H2,(H,29,31). The van der Waals surface area contributed by atoms with Gasteiger partial charge in [0.1, 0.15) is 16.8 Å². The van der Waals surface area contributed by atoms with E-state index in [9.17, 15) is 32.0 Å². The minimum Gasteiger partial charge on any atom is -0.435 e. The van der Waals surface area contributed by atoms with Crippen LogP contribution < -0.4 is 10.1 Å². The van der Waals surface area contributed by atoms with Crippen LogP contribution >= 0.6 is 11.8 Å². The van der Waals surface area contributed by atoms with Crippen molar-refractivity contribution in [2.75, 3.05) is 11.1 Å². The highest BCUT2D eigenvalue weighted by atomic mass is 32.2. The summed E-state index contributed by atoms with van der Waals surface area (Å²) in [6.45, 7) is -3.05. The van der Waals surface area contributed by atoms with Crippen molar-refractivity contribution in [3.63, 3.8) is 0 Å². The number of rotatable bonds is 7. The Labute approximate surface area is 189 Å². The van der Waals surface area contributed by atoms with Crippen LogP contribution in [0.2, 0.25) is 0 Å². The number of hydrogen-bond acceptors (Lipinski definition) is 5. The number of pyridine rings is 1. The van der Waals surface area contributed by atoms with Crippen LogP contribution in [0.4, 0.5) is 27.6 Å². The molecule has 3 rings (SSSR count). The Kier molecular flexibility index (Phi) is 7.50. The van der Waals surface area contributed by atoms with Crippen molar-refractivity contribution in [3.05, 3.63) is 71.8 Å². The fraction of sp³-hybridized carbons (Fsp3) is 0.136. The number of carbonyl (C=O) groups excluding carboxylic acids is 1. The van der Waals surface area contributed by atoms with Gasteiger partial charge in [0.2, 0.25) is 5.91 Å². The summed E-state index contributed by atoms with van der Waals surface area (Å²) in [4.78, 5) is 16.3. The Bertz CT molecular complexity index is 1160. The molecule has 3 aromatic rings. The van der Waals surface area contributed by atoms with Crippen LogP contribution in [0, 0.1) is 11.3 Å². The maximum absolute atomic E-state index is 13.6. The van der Waals surface area contributed by atoms with E-state index in [0.29, 0.717) is 23.5 Å². The first kappa shape index (κ1) is 24.0. The van der Waals surface area contributed by atoms with Crippen molar-refractivity contribution < 1.29 is 31.5 Å². The second-order valence-corrected chi connectivity index (χ2v) is 7.41. The molecule has 1 amide bonds. The van der Waals surface area contributed by atoms with E-state index in [0.717, 1.165) is 12.1 Å². The average Bonchev–Trinajstić information content (AvgIpc) is 2.77. The third-order valence-electron chi connectivity index (χ3n) is 4.18. The summed E-state index contributed by atoms with van der Waals surface area (Å²) in [6, 6.07) is 15.5. The zero-order valence-electron chi connectivity index (χ0n) is 16.6. The molecule has 0 spiro atoms. The molecular weight excluding hydrogens is 465 g/mol. The summed E-state index contributed by atoms with van der Waals surface area (Å²) >= 11 is 0.680. The van der Waals surface area contributed by atoms with Crippen molar-refractivity contribution >= 4 is 23.4 Å². The molecule has 1 aromatic heterocycles. The number of carbonyl (C=O) groups is 1. The van der Waals surface area contributed by atoms with E-state index in [1.54, 1.807) is 30.3 Å². The molecular formula is C22H14F5N3O2S. The molecule has 170 valence electrons. The first-order chi connectivity index (χ1) is 15.7. The Morgan fingerprint density at radius 3 is 2.36 bits per heavy atom. The van der Waals surface area contributed by atoms with Crippen molar-refractivity contribution in [2.24, 2.45) is 0 Å². The van der Waals surface area contributed by atoms with Gasteiger partial charge in [0.25, 0.3) is 0 Å². The van der Waals surface area contributed by atoms with Gasteiger partial charge in [0.05, 0.1) is 22.6 Å². The number of thioether (sulfide) groups is 1. The summed E-state index contributed by atoms with van der Waals surface area (Å²) in [5.74, 6) is -0.964. The van der Waals surface area contributed by atoms with Gasteiger partial charge >= 0.3 is 12.8 Å². The number of para-hydroxylation sites is 1. The van der Waals surface area contributed by atoms with Gasteiger partial charge in [-0.2, -0.15) is 27.2 Å². The van der Waals surface area contributed by atoms with E-state index >= 15 is 0 Å². The lowest BCUT2D eigenvalue weighted by atomic mass is 10.1. The average molecular weight is 479 g/mol. The minimum absolute atomic E-state index is 0.143. The summed E-state index contributed by atoms with van der Waals surface area (Å²) in [5, 5.41) is 11.7. The minimum atomic E-state index is -4.86. The van der Waals surface area contributed by atoms with Crippen molar-refractivity contribution in [1.82, 2.24) is 4.98 Å². The normalized spacial score (nSPS) is 11.2. The predicted octanol–water partition coefficient (Wildman–Crippen LogP) is 5.97. The lowest BCUT2D eigenvalue weighted by Gasteiger charge is -2.14. The lowest BCUT2D eigenvalue weighted by molar-refractivity contribution is -0.138. The number of halogens is 5. The summed E-state index contributed by atoms with van der Waals surface area (Å²) in [5.41, 5.74) is -1.37. The van der Waals surface area contributed by atoms with Crippen LogP contribution in [0.15, 0.2) is 65.7 Å². The molecule has 11 heteroatoms. The van der Waals surface area contributed by atoms with Crippen molar-refractivity contribution in [3.8, 4) is 23.1 Å². The Hall–Kier alpha value is -3.65. The molecule has 0 saturated heterocycles. The number of benzene rings is 2. The van der Waals surface area contributed by atoms with Crippen LogP contribution in [-0.4, -0.2) is 23.3 Å². The van der Waals surface area contributed by atoms with Crippen LogP contribution in [0.25, 0.3) is 11.3 Å². The van der Waals surface area contributed by atoms with Crippen molar-refractivity contribution in [1.29, 1.82) is 5.26 Å². The van der Waals surface area contributed by atoms with Gasteiger partial charge in [-0.3, -0.25) is 4.79 Å². The van der Waals surface area contributed by atoms with E-state index in [4.69, 9.17) is 0 Å². The summed E-state index contributed by atoms with van der Waals surface area (Å²) in [7, 11) is 0. The van der Waals surface area contributed by atoms with E-state index in [1.165, 1.54) is 18.2 Å². The lowest BCUT2D eigenvalue weighted by Crippen LogP contribution is -2.15. The number of nitrogens with zero attached hydrogens (tertiary/aromatic N) is 2. The van der Waals surface area contributed by atoms with Crippen LogP contribution in [0.1, 0.15) is 11.1 Å². The number of aromatic nitrogens is 1. The number of anilines is 1. The first-order valence-electron chi connectivity index (χ1n) is 9.22. The highest BCUT2D eigenvalue weighted by Gasteiger charge is 2.36. The maximum Gasteiger partial charge on any atom is 0.417 e. The molecule has 0 unspecified atom stereocenters. The number of nitrogens with one attached hydrogen (secondary N) is 1. The second-order valence-electron chi connectivity index (χ2n) is 6.45. The first-order valence-corrected chi connectivity index (χ1v) is 10.2. The van der Waals surface area contributed by atoms with Gasteiger partial charge < -0.3 is 10.1 Å². The van der Waals surface area contributed by atoms with Crippen molar-refractivity contribution in [2.45, 2.75) is 17.8 Å². The van der Waals surface area contributed by atoms with E-state index in [-0.39, 0.29) is 27.8 Å². The molecule has 0 aliphatic rings. The number of alkyl halides is 5. The van der Waals surface area contributed by atoms with Crippen LogP contribution in [0.5, 0.6) is 5.75 Å². The molecule has 0 bridgehead atoms. The highest BCUT2D eigenvalue weighted by Crippen LogP contribution is 2.38. The fourth-order valence-corrected chi connectivity index (χ4v) is 3.57. The van der Waals surface area contributed by atoms with E-state index in [1.807, 2.05) is 0 Å². The van der Waals surface area contributed by atoms with Gasteiger partial charge in [-0.05, 0) is 42.5 Å². The zero-order chi connectivity index (χ0) is 24.0. The Balaban J connectivity index is 1.91. The largest absolute Gasteiger partial charge is 0.435 e. The Morgan fingerprint density at radius 2 is 1.79 bits per heavy atom. The number of nitriles is 1. The molecule has 5 nitrogen and oxygen atoms in total. The summed E-state index contributed by atoms with van der Waals surface area (Å²) in [6.07, 6.45) is -4.86. The molecule has 0 aliphatic carbocycles. The van der Waals surface area contributed by atoms with Gasteiger partial charge in [-0.1, -0.05) is 30.0 Å². The molecule has 0 fully saturated rings.